The van der Waals surface area contributed by atoms with Gasteiger partial charge in [-0.25, -0.2) is 8.78 Å². The zero-order valence-corrected chi connectivity index (χ0v) is 11.5. The molecule has 2 rings (SSSR count). The molecular weight excluding hydrogens is 242 g/mol. The van der Waals surface area contributed by atoms with Crippen molar-refractivity contribution in [2.24, 2.45) is 5.92 Å². The van der Waals surface area contributed by atoms with E-state index in [9.17, 15) is 8.78 Å². The number of allylic oxidation sites excluding steroid dienone is 2. The lowest BCUT2D eigenvalue weighted by atomic mass is 9.78. The van der Waals surface area contributed by atoms with Gasteiger partial charge in [-0.1, -0.05) is 31.6 Å². The van der Waals surface area contributed by atoms with Crippen molar-refractivity contribution in [2.75, 3.05) is 0 Å². The SMILES string of the molecule is CCCC=CC1CCC(c2ccc(F)c(F)c2)CC1. The van der Waals surface area contributed by atoms with E-state index in [4.69, 9.17) is 0 Å². The van der Waals surface area contributed by atoms with E-state index in [2.05, 4.69) is 19.1 Å². The Morgan fingerprint density at radius 2 is 1.84 bits per heavy atom. The predicted octanol–water partition coefficient (Wildman–Crippen LogP) is 5.59. The Kier molecular flexibility index (Phi) is 5.12. The molecule has 0 aliphatic heterocycles. The number of benzene rings is 1. The predicted molar refractivity (Wildman–Crippen MR) is 75.1 cm³/mol. The zero-order chi connectivity index (χ0) is 13.7. The van der Waals surface area contributed by atoms with Crippen LogP contribution in [0.15, 0.2) is 30.4 Å². The second kappa shape index (κ2) is 6.83. The Hall–Kier alpha value is -1.18. The van der Waals surface area contributed by atoms with Gasteiger partial charge < -0.3 is 0 Å². The van der Waals surface area contributed by atoms with Crippen LogP contribution in [-0.2, 0) is 0 Å². The molecule has 0 atom stereocenters. The molecular formula is C17H22F2. The van der Waals surface area contributed by atoms with Crippen molar-refractivity contribution in [2.45, 2.75) is 51.4 Å². The number of rotatable bonds is 4. The van der Waals surface area contributed by atoms with E-state index in [0.29, 0.717) is 11.8 Å². The van der Waals surface area contributed by atoms with Gasteiger partial charge in [0, 0.05) is 0 Å². The average Bonchev–Trinajstić information content (AvgIpc) is 2.43. The molecule has 0 aromatic heterocycles. The summed E-state index contributed by atoms with van der Waals surface area (Å²) in [5.74, 6) is -0.401. The topological polar surface area (TPSA) is 0 Å². The van der Waals surface area contributed by atoms with Crippen LogP contribution < -0.4 is 0 Å². The van der Waals surface area contributed by atoms with Gasteiger partial charge in [-0.3, -0.25) is 0 Å². The van der Waals surface area contributed by atoms with Gasteiger partial charge in [-0.05, 0) is 61.6 Å². The molecule has 0 radical (unpaired) electrons. The minimum Gasteiger partial charge on any atom is -0.204 e. The smallest absolute Gasteiger partial charge is 0.159 e. The van der Waals surface area contributed by atoms with Crippen LogP contribution in [0.4, 0.5) is 8.78 Å². The first-order valence-corrected chi connectivity index (χ1v) is 7.32. The molecule has 0 unspecified atom stereocenters. The molecule has 1 fully saturated rings. The number of halogens is 2. The van der Waals surface area contributed by atoms with Crippen molar-refractivity contribution < 1.29 is 8.78 Å². The van der Waals surface area contributed by atoms with Gasteiger partial charge in [0.25, 0.3) is 0 Å². The van der Waals surface area contributed by atoms with Crippen LogP contribution in [0, 0.1) is 17.6 Å². The van der Waals surface area contributed by atoms with Crippen molar-refractivity contribution in [3.8, 4) is 0 Å². The quantitative estimate of drug-likeness (QED) is 0.621. The molecule has 19 heavy (non-hydrogen) atoms. The fourth-order valence-electron chi connectivity index (χ4n) is 2.87. The van der Waals surface area contributed by atoms with Gasteiger partial charge in [0.1, 0.15) is 0 Å². The van der Waals surface area contributed by atoms with Gasteiger partial charge >= 0.3 is 0 Å². The summed E-state index contributed by atoms with van der Waals surface area (Å²) < 4.78 is 26.1. The van der Waals surface area contributed by atoms with E-state index >= 15 is 0 Å². The van der Waals surface area contributed by atoms with Crippen molar-refractivity contribution in [1.29, 1.82) is 0 Å². The maximum absolute atomic E-state index is 13.2. The lowest BCUT2D eigenvalue weighted by molar-refractivity contribution is 0.373. The summed E-state index contributed by atoms with van der Waals surface area (Å²) in [6.45, 7) is 2.18. The van der Waals surface area contributed by atoms with Crippen molar-refractivity contribution in [3.63, 3.8) is 0 Å². The summed E-state index contributed by atoms with van der Waals surface area (Å²) in [5.41, 5.74) is 0.954. The van der Waals surface area contributed by atoms with Crippen molar-refractivity contribution in [1.82, 2.24) is 0 Å². The van der Waals surface area contributed by atoms with Crippen molar-refractivity contribution in [3.05, 3.63) is 47.5 Å². The molecule has 0 saturated heterocycles. The molecule has 104 valence electrons. The maximum Gasteiger partial charge on any atom is 0.159 e. The Morgan fingerprint density at radius 1 is 1.11 bits per heavy atom. The Balaban J connectivity index is 1.90. The molecule has 0 spiro atoms. The first-order valence-electron chi connectivity index (χ1n) is 7.32. The molecule has 0 bridgehead atoms. The van der Waals surface area contributed by atoms with E-state index in [1.165, 1.54) is 18.6 Å². The molecule has 0 heterocycles. The van der Waals surface area contributed by atoms with Crippen LogP contribution in [0.1, 0.15) is 56.9 Å². The van der Waals surface area contributed by atoms with E-state index in [-0.39, 0.29) is 0 Å². The molecule has 1 aromatic rings. The lowest BCUT2D eigenvalue weighted by Crippen LogP contribution is -2.12. The highest BCUT2D eigenvalue weighted by Crippen LogP contribution is 2.36. The zero-order valence-electron chi connectivity index (χ0n) is 11.5. The number of hydrogen-bond acceptors (Lipinski definition) is 0. The van der Waals surface area contributed by atoms with Crippen LogP contribution in [0.2, 0.25) is 0 Å². The van der Waals surface area contributed by atoms with Crippen LogP contribution in [0.25, 0.3) is 0 Å². The van der Waals surface area contributed by atoms with Crippen LogP contribution in [0.5, 0.6) is 0 Å². The third-order valence-corrected chi connectivity index (χ3v) is 4.05. The van der Waals surface area contributed by atoms with Crippen LogP contribution in [0.3, 0.4) is 0 Å². The maximum atomic E-state index is 13.2. The van der Waals surface area contributed by atoms with E-state index in [1.807, 2.05) is 0 Å². The fraction of sp³-hybridized carbons (Fsp3) is 0.529. The van der Waals surface area contributed by atoms with Crippen LogP contribution in [-0.4, -0.2) is 0 Å². The van der Waals surface area contributed by atoms with E-state index < -0.39 is 11.6 Å². The summed E-state index contributed by atoms with van der Waals surface area (Å²) in [6.07, 6.45) is 11.4. The molecule has 0 amide bonds. The summed E-state index contributed by atoms with van der Waals surface area (Å²) in [6, 6.07) is 4.35. The highest BCUT2D eigenvalue weighted by atomic mass is 19.2. The third kappa shape index (κ3) is 3.89. The average molecular weight is 264 g/mol. The highest BCUT2D eigenvalue weighted by Gasteiger charge is 2.21. The summed E-state index contributed by atoms with van der Waals surface area (Å²) in [5, 5.41) is 0. The van der Waals surface area contributed by atoms with Crippen molar-refractivity contribution >= 4 is 0 Å². The molecule has 1 aliphatic rings. The summed E-state index contributed by atoms with van der Waals surface area (Å²) in [7, 11) is 0. The molecule has 2 heteroatoms. The van der Waals surface area contributed by atoms with Gasteiger partial charge in [-0.2, -0.15) is 0 Å². The van der Waals surface area contributed by atoms with Crippen LogP contribution >= 0.6 is 0 Å². The normalized spacial score (nSPS) is 23.9. The Bertz CT molecular complexity index is 429. The highest BCUT2D eigenvalue weighted by molar-refractivity contribution is 5.22. The molecule has 1 saturated carbocycles. The fourth-order valence-corrected chi connectivity index (χ4v) is 2.87. The van der Waals surface area contributed by atoms with Gasteiger partial charge in [0.05, 0.1) is 0 Å². The summed E-state index contributed by atoms with van der Waals surface area (Å²) >= 11 is 0. The largest absolute Gasteiger partial charge is 0.204 e. The molecule has 1 aromatic carbocycles. The summed E-state index contributed by atoms with van der Waals surface area (Å²) in [4.78, 5) is 0. The third-order valence-electron chi connectivity index (χ3n) is 4.05. The first kappa shape index (κ1) is 14.2. The second-order valence-corrected chi connectivity index (χ2v) is 5.50. The standard InChI is InChI=1S/C17H22F2/c1-2-3-4-5-13-6-8-14(9-7-13)15-10-11-16(18)17(19)12-15/h4-5,10-14H,2-3,6-9H2,1H3. The molecule has 0 N–H and O–H groups in total. The minimum absolute atomic E-state index is 0.394. The van der Waals surface area contributed by atoms with Gasteiger partial charge in [-0.15, -0.1) is 0 Å². The first-order chi connectivity index (χ1) is 9.20. The minimum atomic E-state index is -0.750. The van der Waals surface area contributed by atoms with E-state index in [1.54, 1.807) is 6.07 Å². The number of unbranched alkanes of at least 4 members (excludes halogenated alkanes) is 1. The van der Waals surface area contributed by atoms with Gasteiger partial charge in [0.15, 0.2) is 11.6 Å². The second-order valence-electron chi connectivity index (χ2n) is 5.50. The Labute approximate surface area is 114 Å². The van der Waals surface area contributed by atoms with E-state index in [0.717, 1.165) is 37.7 Å². The number of hydrogen-bond donors (Lipinski definition) is 0. The lowest BCUT2D eigenvalue weighted by Gasteiger charge is -2.27. The Morgan fingerprint density at radius 3 is 2.47 bits per heavy atom. The monoisotopic (exact) mass is 264 g/mol. The van der Waals surface area contributed by atoms with Gasteiger partial charge in [0.2, 0.25) is 0 Å². The molecule has 0 nitrogen and oxygen atoms in total. The molecule has 1 aliphatic carbocycles.